The summed E-state index contributed by atoms with van der Waals surface area (Å²) in [6.07, 6.45) is 5.61. The van der Waals surface area contributed by atoms with Gasteiger partial charge in [0.2, 0.25) is 5.91 Å². The molecule has 1 saturated heterocycles. The first-order valence-electron chi connectivity index (χ1n) is 7.64. The van der Waals surface area contributed by atoms with E-state index < -0.39 is 6.10 Å². The Bertz CT molecular complexity index is 461. The summed E-state index contributed by atoms with van der Waals surface area (Å²) in [6.45, 7) is 4.09. The minimum Gasteiger partial charge on any atom is -0.385 e. The number of aliphatic hydroxyl groups excluding tert-OH is 1. The van der Waals surface area contributed by atoms with E-state index in [9.17, 15) is 9.90 Å². The van der Waals surface area contributed by atoms with Crippen LogP contribution in [0, 0.1) is 5.92 Å². The van der Waals surface area contributed by atoms with Crippen molar-refractivity contribution in [3.63, 3.8) is 0 Å². The quantitative estimate of drug-likeness (QED) is 0.799. The van der Waals surface area contributed by atoms with Crippen LogP contribution >= 0.6 is 0 Å². The standard InChI is InChI=1S/C15H25N3O3/c1-3-9-21-11-13(19)18-7-4-5-12(10-18)14(20)15-16-6-8-17(15)2/h6,8,12,14,20H,3-5,7,9-11H2,1-2H3. The van der Waals surface area contributed by atoms with Crippen molar-refractivity contribution in [3.8, 4) is 0 Å². The summed E-state index contributed by atoms with van der Waals surface area (Å²) in [7, 11) is 1.87. The summed E-state index contributed by atoms with van der Waals surface area (Å²) in [5.41, 5.74) is 0. The monoisotopic (exact) mass is 295 g/mol. The maximum Gasteiger partial charge on any atom is 0.248 e. The van der Waals surface area contributed by atoms with Gasteiger partial charge in [0.1, 0.15) is 18.5 Å². The van der Waals surface area contributed by atoms with Crippen LogP contribution in [0.4, 0.5) is 0 Å². The van der Waals surface area contributed by atoms with Crippen molar-refractivity contribution in [2.45, 2.75) is 32.3 Å². The Balaban J connectivity index is 1.91. The Morgan fingerprint density at radius 1 is 1.62 bits per heavy atom. The zero-order chi connectivity index (χ0) is 15.2. The molecule has 1 amide bonds. The molecule has 0 bridgehead atoms. The first-order chi connectivity index (χ1) is 10.1. The van der Waals surface area contributed by atoms with Crippen molar-refractivity contribution in [2.75, 3.05) is 26.3 Å². The van der Waals surface area contributed by atoms with Crippen LogP contribution < -0.4 is 0 Å². The molecule has 21 heavy (non-hydrogen) atoms. The topological polar surface area (TPSA) is 67.6 Å². The molecule has 1 aromatic heterocycles. The van der Waals surface area contributed by atoms with Gasteiger partial charge >= 0.3 is 0 Å². The van der Waals surface area contributed by atoms with Gasteiger partial charge in [0.25, 0.3) is 0 Å². The second-order valence-electron chi connectivity index (χ2n) is 5.64. The van der Waals surface area contributed by atoms with Crippen LogP contribution in [0.1, 0.15) is 38.1 Å². The van der Waals surface area contributed by atoms with E-state index in [-0.39, 0.29) is 18.4 Å². The molecule has 118 valence electrons. The van der Waals surface area contributed by atoms with Gasteiger partial charge in [-0.2, -0.15) is 0 Å². The third-order valence-electron chi connectivity index (χ3n) is 3.95. The van der Waals surface area contributed by atoms with E-state index in [4.69, 9.17) is 4.74 Å². The van der Waals surface area contributed by atoms with Crippen LogP contribution in [0.5, 0.6) is 0 Å². The molecule has 0 radical (unpaired) electrons. The Labute approximate surface area is 125 Å². The van der Waals surface area contributed by atoms with Crippen LogP contribution in [-0.2, 0) is 16.6 Å². The smallest absolute Gasteiger partial charge is 0.248 e. The van der Waals surface area contributed by atoms with Gasteiger partial charge in [-0.25, -0.2) is 4.98 Å². The van der Waals surface area contributed by atoms with Crippen molar-refractivity contribution >= 4 is 5.91 Å². The molecule has 2 atom stereocenters. The van der Waals surface area contributed by atoms with E-state index in [0.717, 1.165) is 25.8 Å². The van der Waals surface area contributed by atoms with Crippen molar-refractivity contribution in [3.05, 3.63) is 18.2 Å². The molecule has 6 nitrogen and oxygen atoms in total. The van der Waals surface area contributed by atoms with Crippen molar-refractivity contribution in [2.24, 2.45) is 13.0 Å². The highest BCUT2D eigenvalue weighted by Gasteiger charge is 2.30. The van der Waals surface area contributed by atoms with E-state index >= 15 is 0 Å². The Morgan fingerprint density at radius 3 is 3.10 bits per heavy atom. The van der Waals surface area contributed by atoms with Crippen molar-refractivity contribution < 1.29 is 14.6 Å². The normalized spacial score (nSPS) is 20.5. The Hall–Kier alpha value is -1.40. The van der Waals surface area contributed by atoms with Crippen LogP contribution in [0.15, 0.2) is 12.4 Å². The van der Waals surface area contributed by atoms with Gasteiger partial charge in [-0.15, -0.1) is 0 Å². The zero-order valence-electron chi connectivity index (χ0n) is 12.9. The third kappa shape index (κ3) is 4.04. The van der Waals surface area contributed by atoms with Gasteiger partial charge in [0, 0.05) is 45.1 Å². The number of carbonyl (C=O) groups excluding carboxylic acids is 1. The molecular formula is C15H25N3O3. The Kier molecular flexibility index (Phi) is 5.76. The summed E-state index contributed by atoms with van der Waals surface area (Å²) in [4.78, 5) is 18.1. The van der Waals surface area contributed by atoms with E-state index in [1.807, 2.05) is 24.7 Å². The summed E-state index contributed by atoms with van der Waals surface area (Å²) in [5.74, 6) is 0.715. The fourth-order valence-electron chi connectivity index (χ4n) is 2.76. The highest BCUT2D eigenvalue weighted by Crippen LogP contribution is 2.28. The maximum absolute atomic E-state index is 12.1. The van der Waals surface area contributed by atoms with Gasteiger partial charge in [-0.3, -0.25) is 4.79 Å². The molecule has 2 heterocycles. The summed E-state index contributed by atoms with van der Waals surface area (Å²) in [6, 6.07) is 0. The molecule has 1 aliphatic heterocycles. The highest BCUT2D eigenvalue weighted by atomic mass is 16.5. The summed E-state index contributed by atoms with van der Waals surface area (Å²) < 4.78 is 7.14. The van der Waals surface area contributed by atoms with Crippen LogP contribution in [0.25, 0.3) is 0 Å². The number of amides is 1. The van der Waals surface area contributed by atoms with E-state index in [2.05, 4.69) is 4.98 Å². The zero-order valence-corrected chi connectivity index (χ0v) is 12.9. The molecular weight excluding hydrogens is 270 g/mol. The number of rotatable bonds is 6. The molecule has 1 aliphatic rings. The molecule has 0 aromatic carbocycles. The van der Waals surface area contributed by atoms with Gasteiger partial charge in [-0.05, 0) is 19.3 Å². The molecule has 2 rings (SSSR count). The number of likely N-dealkylation sites (tertiary alicyclic amines) is 1. The first kappa shape index (κ1) is 16.0. The lowest BCUT2D eigenvalue weighted by Crippen LogP contribution is -2.43. The van der Waals surface area contributed by atoms with Gasteiger partial charge in [0.15, 0.2) is 0 Å². The largest absolute Gasteiger partial charge is 0.385 e. The summed E-state index contributed by atoms with van der Waals surface area (Å²) >= 11 is 0. The van der Waals surface area contributed by atoms with Gasteiger partial charge in [-0.1, -0.05) is 6.92 Å². The molecule has 1 fully saturated rings. The number of aryl methyl sites for hydroxylation is 1. The second-order valence-corrected chi connectivity index (χ2v) is 5.64. The minimum absolute atomic E-state index is 0.0141. The highest BCUT2D eigenvalue weighted by molar-refractivity contribution is 5.77. The van der Waals surface area contributed by atoms with Crippen molar-refractivity contribution in [1.29, 1.82) is 0 Å². The molecule has 0 saturated carbocycles. The van der Waals surface area contributed by atoms with E-state index in [0.29, 0.717) is 19.0 Å². The van der Waals surface area contributed by atoms with E-state index in [1.54, 1.807) is 11.1 Å². The third-order valence-corrected chi connectivity index (χ3v) is 3.95. The predicted molar refractivity (Wildman–Crippen MR) is 78.6 cm³/mol. The van der Waals surface area contributed by atoms with Crippen LogP contribution in [0.2, 0.25) is 0 Å². The van der Waals surface area contributed by atoms with Crippen LogP contribution in [0.3, 0.4) is 0 Å². The number of hydrogen-bond acceptors (Lipinski definition) is 4. The fraction of sp³-hybridized carbons (Fsp3) is 0.733. The average Bonchev–Trinajstić information content (AvgIpc) is 2.93. The summed E-state index contributed by atoms with van der Waals surface area (Å²) in [5, 5.41) is 10.5. The lowest BCUT2D eigenvalue weighted by molar-refractivity contribution is -0.139. The average molecular weight is 295 g/mol. The number of aromatic nitrogens is 2. The van der Waals surface area contributed by atoms with Gasteiger partial charge < -0.3 is 19.3 Å². The van der Waals surface area contributed by atoms with E-state index in [1.165, 1.54) is 0 Å². The minimum atomic E-state index is -0.628. The maximum atomic E-state index is 12.1. The number of imidazole rings is 1. The number of carbonyl (C=O) groups is 1. The Morgan fingerprint density at radius 2 is 2.43 bits per heavy atom. The number of hydrogen-bond donors (Lipinski definition) is 1. The molecule has 1 aromatic rings. The molecule has 6 heteroatoms. The second kappa shape index (κ2) is 7.56. The van der Waals surface area contributed by atoms with Crippen LogP contribution in [-0.4, -0.2) is 51.8 Å². The molecule has 0 spiro atoms. The number of ether oxygens (including phenoxy) is 1. The lowest BCUT2D eigenvalue weighted by atomic mass is 9.92. The number of aliphatic hydroxyl groups is 1. The molecule has 0 aliphatic carbocycles. The molecule has 2 unspecified atom stereocenters. The van der Waals surface area contributed by atoms with Gasteiger partial charge in [0.05, 0.1) is 0 Å². The van der Waals surface area contributed by atoms with Crippen molar-refractivity contribution in [1.82, 2.24) is 14.5 Å². The number of nitrogens with zero attached hydrogens (tertiary/aromatic N) is 3. The molecule has 1 N–H and O–H groups in total. The first-order valence-corrected chi connectivity index (χ1v) is 7.64. The lowest BCUT2D eigenvalue weighted by Gasteiger charge is -2.34. The SMILES string of the molecule is CCCOCC(=O)N1CCCC(C(O)c2nccn2C)C1. The number of piperidine rings is 1. The fourth-order valence-corrected chi connectivity index (χ4v) is 2.76. The predicted octanol–water partition coefficient (Wildman–Crippen LogP) is 1.12.